The second-order valence-electron chi connectivity index (χ2n) is 4.17. The van der Waals surface area contributed by atoms with Gasteiger partial charge in [-0.2, -0.15) is 0 Å². The van der Waals surface area contributed by atoms with Crippen LogP contribution in [0, 0.1) is 0 Å². The largest absolute Gasteiger partial charge is 0.299 e. The van der Waals surface area contributed by atoms with E-state index in [2.05, 4.69) is 0 Å². The molecule has 17 heavy (non-hydrogen) atoms. The summed E-state index contributed by atoms with van der Waals surface area (Å²) in [7, 11) is 0. The van der Waals surface area contributed by atoms with Gasteiger partial charge < -0.3 is 0 Å². The third-order valence-corrected chi connectivity index (χ3v) is 2.64. The summed E-state index contributed by atoms with van der Waals surface area (Å²) < 4.78 is 13.5. The third kappa shape index (κ3) is 2.59. The summed E-state index contributed by atoms with van der Waals surface area (Å²) in [6, 6.07) is 13.7. The summed E-state index contributed by atoms with van der Waals surface area (Å²) in [5.41, 5.74) is -0.995. The van der Waals surface area contributed by atoms with E-state index in [1.807, 2.05) is 42.5 Å². The Balaban J connectivity index is 2.46. The van der Waals surface area contributed by atoms with Gasteiger partial charge in [0.1, 0.15) is 0 Å². The quantitative estimate of drug-likeness (QED) is 0.731. The second-order valence-corrected chi connectivity index (χ2v) is 4.17. The van der Waals surface area contributed by atoms with Gasteiger partial charge in [0.25, 0.3) is 0 Å². The van der Waals surface area contributed by atoms with E-state index < -0.39 is 5.67 Å². The Kier molecular flexibility index (Phi) is 3.05. The van der Waals surface area contributed by atoms with Crippen LogP contribution in [0.4, 0.5) is 4.39 Å². The van der Waals surface area contributed by atoms with Crippen molar-refractivity contribution >= 4 is 23.1 Å². The molecule has 2 aromatic carbocycles. The number of alkyl halides is 1. The van der Waals surface area contributed by atoms with Gasteiger partial charge in [0.15, 0.2) is 12.0 Å². The van der Waals surface area contributed by atoms with Crippen molar-refractivity contribution in [1.29, 1.82) is 0 Å². The molecule has 0 bridgehead atoms. The number of benzene rings is 2. The zero-order chi connectivity index (χ0) is 12.3. The number of hydrogen-bond donors (Lipinski definition) is 0. The molecule has 0 saturated carbocycles. The van der Waals surface area contributed by atoms with Crippen LogP contribution in [0.3, 0.4) is 0 Å². The van der Waals surface area contributed by atoms with Crippen molar-refractivity contribution in [1.82, 2.24) is 0 Å². The molecule has 2 rings (SSSR count). The highest BCUT2D eigenvalue weighted by molar-refractivity contribution is 5.90. The highest BCUT2D eigenvalue weighted by atomic mass is 19.1. The number of fused-ring (bicyclic) bond motifs is 1. The lowest BCUT2D eigenvalue weighted by atomic mass is 10.0. The van der Waals surface area contributed by atoms with E-state index in [0.717, 1.165) is 16.3 Å². The minimum absolute atomic E-state index is 0.300. The lowest BCUT2D eigenvalue weighted by Crippen LogP contribution is -2.14. The fourth-order valence-corrected chi connectivity index (χ4v) is 1.69. The summed E-state index contributed by atoms with van der Waals surface area (Å²) in [5.74, 6) is 0. The van der Waals surface area contributed by atoms with Gasteiger partial charge in [-0.25, -0.2) is 4.39 Å². The molecule has 0 spiro atoms. The van der Waals surface area contributed by atoms with E-state index in [9.17, 15) is 9.18 Å². The average molecular weight is 228 g/mol. The van der Waals surface area contributed by atoms with Gasteiger partial charge >= 0.3 is 0 Å². The summed E-state index contributed by atoms with van der Waals surface area (Å²) in [4.78, 5) is 10.5. The topological polar surface area (TPSA) is 17.1 Å². The number of carbonyl (C=O) groups excluding carboxylic acids is 1. The number of hydrogen-bond acceptors (Lipinski definition) is 1. The SMILES string of the molecule is C[C@](F)(C=O)/C=C/c1cccc2ccccc12. The fraction of sp³-hybridized carbons (Fsp3) is 0.133. The fourth-order valence-electron chi connectivity index (χ4n) is 1.69. The van der Waals surface area contributed by atoms with Gasteiger partial charge in [-0.05, 0) is 29.3 Å². The van der Waals surface area contributed by atoms with Crippen molar-refractivity contribution in [3.8, 4) is 0 Å². The molecule has 0 aliphatic heterocycles. The van der Waals surface area contributed by atoms with E-state index in [1.165, 1.54) is 13.0 Å². The van der Waals surface area contributed by atoms with Gasteiger partial charge in [0.2, 0.25) is 0 Å². The van der Waals surface area contributed by atoms with E-state index >= 15 is 0 Å². The van der Waals surface area contributed by atoms with Crippen LogP contribution in [-0.2, 0) is 4.79 Å². The minimum Gasteiger partial charge on any atom is -0.299 e. The molecule has 86 valence electrons. The maximum absolute atomic E-state index is 13.5. The van der Waals surface area contributed by atoms with Crippen LogP contribution in [0.5, 0.6) is 0 Å². The Morgan fingerprint density at radius 2 is 1.82 bits per heavy atom. The number of carbonyl (C=O) groups is 1. The summed E-state index contributed by atoms with van der Waals surface area (Å²) in [6.45, 7) is 1.24. The molecule has 1 atom stereocenters. The van der Waals surface area contributed by atoms with E-state index in [-0.39, 0.29) is 0 Å². The molecule has 0 aromatic heterocycles. The molecule has 0 heterocycles. The molecule has 2 heteroatoms. The molecule has 0 radical (unpaired) electrons. The first-order valence-corrected chi connectivity index (χ1v) is 5.45. The Morgan fingerprint density at radius 1 is 1.12 bits per heavy atom. The lowest BCUT2D eigenvalue weighted by Gasteiger charge is -2.06. The smallest absolute Gasteiger partial charge is 0.181 e. The number of aldehydes is 1. The van der Waals surface area contributed by atoms with Crippen molar-refractivity contribution in [3.05, 3.63) is 54.1 Å². The van der Waals surface area contributed by atoms with Crippen LogP contribution < -0.4 is 0 Å². The first-order valence-electron chi connectivity index (χ1n) is 5.45. The van der Waals surface area contributed by atoms with Gasteiger partial charge in [-0.1, -0.05) is 48.5 Å². The lowest BCUT2D eigenvalue weighted by molar-refractivity contribution is -0.114. The third-order valence-electron chi connectivity index (χ3n) is 2.64. The van der Waals surface area contributed by atoms with Crippen LogP contribution >= 0.6 is 0 Å². The standard InChI is InChI=1S/C15H13FO/c1-15(16,11-17)10-9-13-7-4-6-12-5-2-3-8-14(12)13/h2-11H,1H3/b10-9+/t15-/m1/s1. The predicted octanol–water partition coefficient (Wildman–Crippen LogP) is 3.78. The van der Waals surface area contributed by atoms with Crippen LogP contribution in [0.2, 0.25) is 0 Å². The molecule has 0 aliphatic rings. The highest BCUT2D eigenvalue weighted by Crippen LogP contribution is 2.21. The second kappa shape index (κ2) is 4.50. The van der Waals surface area contributed by atoms with Crippen molar-refractivity contribution < 1.29 is 9.18 Å². The normalized spacial score (nSPS) is 14.9. The van der Waals surface area contributed by atoms with Crippen molar-refractivity contribution in [2.45, 2.75) is 12.6 Å². The molecule has 0 saturated heterocycles. The van der Waals surface area contributed by atoms with Crippen LogP contribution in [0.1, 0.15) is 12.5 Å². The van der Waals surface area contributed by atoms with Gasteiger partial charge in [0, 0.05) is 0 Å². The van der Waals surface area contributed by atoms with Crippen LogP contribution in [-0.4, -0.2) is 12.0 Å². The van der Waals surface area contributed by atoms with Gasteiger partial charge in [-0.15, -0.1) is 0 Å². The molecule has 0 unspecified atom stereocenters. The monoisotopic (exact) mass is 228 g/mol. The number of halogens is 1. The first kappa shape index (κ1) is 11.5. The van der Waals surface area contributed by atoms with Crippen LogP contribution in [0.25, 0.3) is 16.8 Å². The van der Waals surface area contributed by atoms with Crippen molar-refractivity contribution in [3.63, 3.8) is 0 Å². The molecular formula is C15H13FO. The zero-order valence-electron chi connectivity index (χ0n) is 9.56. The average Bonchev–Trinajstić information content (AvgIpc) is 2.36. The summed E-state index contributed by atoms with van der Waals surface area (Å²) in [5, 5.41) is 2.15. The summed E-state index contributed by atoms with van der Waals surface area (Å²) in [6.07, 6.45) is 3.23. The van der Waals surface area contributed by atoms with Crippen molar-refractivity contribution in [2.24, 2.45) is 0 Å². The number of rotatable bonds is 3. The zero-order valence-corrected chi connectivity index (χ0v) is 9.56. The van der Waals surface area contributed by atoms with Gasteiger partial charge in [0.05, 0.1) is 0 Å². The Labute approximate surface area is 99.6 Å². The number of allylic oxidation sites excluding steroid dienone is 1. The van der Waals surface area contributed by atoms with E-state index in [4.69, 9.17) is 0 Å². The molecule has 0 amide bonds. The van der Waals surface area contributed by atoms with Crippen LogP contribution in [0.15, 0.2) is 48.5 Å². The van der Waals surface area contributed by atoms with E-state index in [0.29, 0.717) is 6.29 Å². The van der Waals surface area contributed by atoms with Gasteiger partial charge in [-0.3, -0.25) is 4.79 Å². The maximum Gasteiger partial charge on any atom is 0.181 e. The minimum atomic E-state index is -1.91. The molecule has 1 nitrogen and oxygen atoms in total. The Morgan fingerprint density at radius 3 is 2.59 bits per heavy atom. The molecule has 0 N–H and O–H groups in total. The molecule has 2 aromatic rings. The Hall–Kier alpha value is -1.96. The van der Waals surface area contributed by atoms with E-state index in [1.54, 1.807) is 6.08 Å². The predicted molar refractivity (Wildman–Crippen MR) is 68.6 cm³/mol. The van der Waals surface area contributed by atoms with Crippen molar-refractivity contribution in [2.75, 3.05) is 0 Å². The molecule has 0 fully saturated rings. The maximum atomic E-state index is 13.5. The molecule has 0 aliphatic carbocycles. The first-order chi connectivity index (χ1) is 8.12. The summed E-state index contributed by atoms with van der Waals surface area (Å²) >= 11 is 0. The highest BCUT2D eigenvalue weighted by Gasteiger charge is 2.16. The molecular weight excluding hydrogens is 215 g/mol. The Bertz CT molecular complexity index is 565.